The first kappa shape index (κ1) is 10.8. The molecule has 0 aliphatic carbocycles. The van der Waals surface area contributed by atoms with Gasteiger partial charge in [0.25, 0.3) is 0 Å². The van der Waals surface area contributed by atoms with Crippen LogP contribution in [-0.4, -0.2) is 9.78 Å². The molecule has 0 radical (unpaired) electrons. The van der Waals surface area contributed by atoms with Crippen LogP contribution in [0, 0.1) is 6.92 Å². The maximum atomic E-state index is 5.47. The minimum atomic E-state index is 0.390. The highest BCUT2D eigenvalue weighted by molar-refractivity contribution is 5.38. The molecule has 1 N–H and O–H groups in total. The van der Waals surface area contributed by atoms with E-state index < -0.39 is 0 Å². The monoisotopic (exact) mass is 219 g/mol. The second kappa shape index (κ2) is 4.43. The topological polar surface area (TPSA) is 43.0 Å². The van der Waals surface area contributed by atoms with E-state index in [1.165, 1.54) is 0 Å². The number of furan rings is 1. The number of hydrogen-bond acceptors (Lipinski definition) is 3. The summed E-state index contributed by atoms with van der Waals surface area (Å²) in [7, 11) is 0. The second-order valence-corrected chi connectivity index (χ2v) is 4.17. The van der Waals surface area contributed by atoms with Crippen molar-refractivity contribution in [2.45, 2.75) is 33.4 Å². The minimum absolute atomic E-state index is 0.390. The van der Waals surface area contributed by atoms with E-state index in [2.05, 4.69) is 24.3 Å². The van der Waals surface area contributed by atoms with E-state index in [9.17, 15) is 0 Å². The molecule has 0 aromatic carbocycles. The first-order valence-electron chi connectivity index (χ1n) is 5.48. The van der Waals surface area contributed by atoms with Crippen LogP contribution in [-0.2, 0) is 6.54 Å². The Morgan fingerprint density at radius 3 is 2.81 bits per heavy atom. The Hall–Kier alpha value is -1.71. The van der Waals surface area contributed by atoms with Crippen molar-refractivity contribution in [3.8, 4) is 0 Å². The Bertz CT molecular complexity index is 456. The van der Waals surface area contributed by atoms with E-state index in [1.54, 1.807) is 0 Å². The zero-order valence-electron chi connectivity index (χ0n) is 9.90. The van der Waals surface area contributed by atoms with Crippen molar-refractivity contribution in [1.82, 2.24) is 9.78 Å². The molecule has 0 saturated heterocycles. The van der Waals surface area contributed by atoms with Gasteiger partial charge in [0.2, 0.25) is 0 Å². The van der Waals surface area contributed by atoms with Gasteiger partial charge in [0, 0.05) is 12.2 Å². The highest BCUT2D eigenvalue weighted by atomic mass is 16.3. The number of hydrogen-bond donors (Lipinski definition) is 1. The molecule has 4 heteroatoms. The predicted molar refractivity (Wildman–Crippen MR) is 63.4 cm³/mol. The molecule has 0 aliphatic rings. The largest absolute Gasteiger partial charge is 0.465 e. The smallest absolute Gasteiger partial charge is 0.123 e. The Morgan fingerprint density at radius 1 is 1.44 bits per heavy atom. The number of anilines is 1. The summed E-state index contributed by atoms with van der Waals surface area (Å²) in [5, 5.41) is 7.53. The van der Waals surface area contributed by atoms with Crippen LogP contribution < -0.4 is 5.32 Å². The molecule has 0 amide bonds. The molecule has 86 valence electrons. The van der Waals surface area contributed by atoms with Gasteiger partial charge >= 0.3 is 0 Å². The average molecular weight is 219 g/mol. The Kier molecular flexibility index (Phi) is 2.99. The van der Waals surface area contributed by atoms with E-state index in [-0.39, 0.29) is 0 Å². The van der Waals surface area contributed by atoms with Crippen molar-refractivity contribution >= 4 is 5.69 Å². The summed E-state index contributed by atoms with van der Waals surface area (Å²) in [6.45, 7) is 6.84. The number of nitrogens with one attached hydrogen (secondary N) is 1. The number of aromatic nitrogens is 2. The summed E-state index contributed by atoms with van der Waals surface area (Å²) in [6, 6.07) is 4.34. The van der Waals surface area contributed by atoms with Crippen LogP contribution in [0.25, 0.3) is 0 Å². The molecule has 2 rings (SSSR count). The van der Waals surface area contributed by atoms with Crippen LogP contribution in [0.3, 0.4) is 0 Å². The molecule has 0 bridgehead atoms. The summed E-state index contributed by atoms with van der Waals surface area (Å²) >= 11 is 0. The fourth-order valence-electron chi connectivity index (χ4n) is 1.48. The van der Waals surface area contributed by atoms with Gasteiger partial charge in [-0.25, -0.2) is 0 Å². The molecule has 4 nitrogen and oxygen atoms in total. The molecule has 0 fully saturated rings. The van der Waals surface area contributed by atoms with Gasteiger partial charge in [0.15, 0.2) is 0 Å². The second-order valence-electron chi connectivity index (χ2n) is 4.17. The molecule has 0 unspecified atom stereocenters. The third kappa shape index (κ3) is 2.45. The van der Waals surface area contributed by atoms with Gasteiger partial charge in [-0.2, -0.15) is 5.10 Å². The standard InChI is InChI=1S/C12H17N3O/c1-9(2)15-8-11(6-14-15)13-7-12-5-4-10(3)16-12/h4-6,8-9,13H,7H2,1-3H3. The zero-order chi connectivity index (χ0) is 11.5. The van der Waals surface area contributed by atoms with E-state index >= 15 is 0 Å². The van der Waals surface area contributed by atoms with Gasteiger partial charge in [-0.05, 0) is 32.9 Å². The van der Waals surface area contributed by atoms with Crippen molar-refractivity contribution in [3.05, 3.63) is 36.0 Å². The molecular formula is C12H17N3O. The first-order chi connectivity index (χ1) is 7.65. The molecule has 0 aliphatic heterocycles. The molecular weight excluding hydrogens is 202 g/mol. The number of nitrogens with zero attached hydrogens (tertiary/aromatic N) is 2. The Balaban J connectivity index is 1.94. The van der Waals surface area contributed by atoms with Gasteiger partial charge in [-0.15, -0.1) is 0 Å². The lowest BCUT2D eigenvalue weighted by Gasteiger charge is -2.03. The summed E-state index contributed by atoms with van der Waals surface area (Å²) in [6.07, 6.45) is 3.83. The van der Waals surface area contributed by atoms with Gasteiger partial charge in [-0.1, -0.05) is 0 Å². The molecule has 2 aromatic rings. The summed E-state index contributed by atoms with van der Waals surface area (Å²) in [4.78, 5) is 0. The molecule has 0 atom stereocenters. The van der Waals surface area contributed by atoms with E-state index in [0.717, 1.165) is 17.2 Å². The highest BCUT2D eigenvalue weighted by Crippen LogP contribution is 2.12. The minimum Gasteiger partial charge on any atom is -0.465 e. The quantitative estimate of drug-likeness (QED) is 0.859. The molecule has 0 spiro atoms. The lowest BCUT2D eigenvalue weighted by atomic mass is 10.4. The molecule has 2 heterocycles. The van der Waals surface area contributed by atoms with Crippen LogP contribution in [0.5, 0.6) is 0 Å². The summed E-state index contributed by atoms with van der Waals surface area (Å²) in [5.74, 6) is 1.88. The fourth-order valence-corrected chi connectivity index (χ4v) is 1.48. The van der Waals surface area contributed by atoms with Gasteiger partial charge < -0.3 is 9.73 Å². The van der Waals surface area contributed by atoms with E-state index in [0.29, 0.717) is 12.6 Å². The lowest BCUT2D eigenvalue weighted by molar-refractivity contribution is 0.490. The average Bonchev–Trinajstić information content (AvgIpc) is 2.83. The summed E-state index contributed by atoms with van der Waals surface area (Å²) in [5.41, 5.74) is 1.02. The van der Waals surface area contributed by atoms with Crippen molar-refractivity contribution in [3.63, 3.8) is 0 Å². The van der Waals surface area contributed by atoms with E-state index in [1.807, 2.05) is 36.1 Å². The van der Waals surface area contributed by atoms with Crippen LogP contribution in [0.4, 0.5) is 5.69 Å². The van der Waals surface area contributed by atoms with Crippen LogP contribution in [0.1, 0.15) is 31.4 Å². The third-order valence-corrected chi connectivity index (χ3v) is 2.39. The Morgan fingerprint density at radius 2 is 2.25 bits per heavy atom. The molecule has 16 heavy (non-hydrogen) atoms. The highest BCUT2D eigenvalue weighted by Gasteiger charge is 2.02. The third-order valence-electron chi connectivity index (χ3n) is 2.39. The normalized spacial score (nSPS) is 11.0. The van der Waals surface area contributed by atoms with Crippen LogP contribution >= 0.6 is 0 Å². The van der Waals surface area contributed by atoms with Gasteiger partial charge in [-0.3, -0.25) is 4.68 Å². The summed E-state index contributed by atoms with van der Waals surface area (Å²) < 4.78 is 7.40. The maximum Gasteiger partial charge on any atom is 0.123 e. The first-order valence-corrected chi connectivity index (χ1v) is 5.48. The van der Waals surface area contributed by atoms with Crippen LogP contribution in [0.2, 0.25) is 0 Å². The predicted octanol–water partition coefficient (Wildman–Crippen LogP) is 2.98. The maximum absolute atomic E-state index is 5.47. The van der Waals surface area contributed by atoms with Crippen molar-refractivity contribution in [2.24, 2.45) is 0 Å². The Labute approximate surface area is 95.3 Å². The van der Waals surface area contributed by atoms with Crippen molar-refractivity contribution < 1.29 is 4.42 Å². The van der Waals surface area contributed by atoms with Gasteiger partial charge in [0.05, 0.1) is 18.4 Å². The van der Waals surface area contributed by atoms with Crippen LogP contribution in [0.15, 0.2) is 28.9 Å². The zero-order valence-corrected chi connectivity index (χ0v) is 9.90. The SMILES string of the molecule is Cc1ccc(CNc2cnn(C(C)C)c2)o1. The van der Waals surface area contributed by atoms with Crippen molar-refractivity contribution in [2.75, 3.05) is 5.32 Å². The van der Waals surface area contributed by atoms with Gasteiger partial charge in [0.1, 0.15) is 11.5 Å². The van der Waals surface area contributed by atoms with Crippen molar-refractivity contribution in [1.29, 1.82) is 0 Å². The fraction of sp³-hybridized carbons (Fsp3) is 0.417. The molecule has 0 saturated carbocycles. The lowest BCUT2D eigenvalue weighted by Crippen LogP contribution is -2.00. The molecule has 2 aromatic heterocycles. The van der Waals surface area contributed by atoms with E-state index in [4.69, 9.17) is 4.42 Å². The number of aryl methyl sites for hydroxylation is 1. The number of rotatable bonds is 4.